The Bertz CT molecular complexity index is 1460. The molecule has 0 saturated heterocycles. The minimum absolute atomic E-state index is 0.00550. The smallest absolute Gasteiger partial charge is 0.248 e. The highest BCUT2D eigenvalue weighted by atomic mass is 35.5. The first-order valence-corrected chi connectivity index (χ1v) is 11.7. The highest BCUT2D eigenvalue weighted by molar-refractivity contribution is 6.31. The Morgan fingerprint density at radius 1 is 0.943 bits per heavy atom. The summed E-state index contributed by atoms with van der Waals surface area (Å²) in [5, 5.41) is 13.5. The van der Waals surface area contributed by atoms with Gasteiger partial charge in [-0.25, -0.2) is 4.98 Å². The van der Waals surface area contributed by atoms with Gasteiger partial charge in [0.05, 0.1) is 29.6 Å². The Morgan fingerprint density at radius 3 is 2.37 bits per heavy atom. The standard InChI is InChI=1S/C27H22Cl2N4O2/c1-32-16-30-14-24(32)27(35,18-6-9-20(28)10-7-18)19-8-11-23-22(13-19)26(31-15-25(34)33(23)2)17-4-3-5-21(29)12-17/h3-14,16,35H,15H2,1-2H3. The van der Waals surface area contributed by atoms with Gasteiger partial charge >= 0.3 is 0 Å². The molecule has 2 heterocycles. The van der Waals surface area contributed by atoms with Gasteiger partial charge in [0.2, 0.25) is 5.91 Å². The molecule has 0 spiro atoms. The molecule has 5 rings (SSSR count). The first kappa shape index (κ1) is 23.3. The van der Waals surface area contributed by atoms with Crippen LogP contribution in [0, 0.1) is 0 Å². The van der Waals surface area contributed by atoms with Gasteiger partial charge in [0.1, 0.15) is 6.54 Å². The van der Waals surface area contributed by atoms with Crippen LogP contribution in [0.5, 0.6) is 0 Å². The summed E-state index contributed by atoms with van der Waals surface area (Å²) in [5.41, 5.74) is 3.09. The second-order valence-corrected chi connectivity index (χ2v) is 9.34. The summed E-state index contributed by atoms with van der Waals surface area (Å²) >= 11 is 12.4. The monoisotopic (exact) mass is 504 g/mol. The van der Waals surface area contributed by atoms with Gasteiger partial charge in [-0.3, -0.25) is 9.79 Å². The third-order valence-corrected chi connectivity index (χ3v) is 6.81. The topological polar surface area (TPSA) is 70.7 Å². The molecule has 0 aliphatic carbocycles. The zero-order chi connectivity index (χ0) is 24.7. The van der Waals surface area contributed by atoms with Crippen molar-refractivity contribution in [1.82, 2.24) is 9.55 Å². The van der Waals surface area contributed by atoms with Gasteiger partial charge in [-0.05, 0) is 47.5 Å². The molecule has 1 aliphatic rings. The molecule has 0 fully saturated rings. The van der Waals surface area contributed by atoms with Gasteiger partial charge in [-0.1, -0.05) is 53.5 Å². The van der Waals surface area contributed by atoms with E-state index in [1.54, 1.807) is 59.4 Å². The maximum absolute atomic E-state index is 12.7. The number of nitrogens with zero attached hydrogens (tertiary/aromatic N) is 4. The molecule has 0 saturated carbocycles. The summed E-state index contributed by atoms with van der Waals surface area (Å²) in [6, 6.07) is 20.0. The van der Waals surface area contributed by atoms with Crippen molar-refractivity contribution in [3.8, 4) is 0 Å². The van der Waals surface area contributed by atoms with Crippen LogP contribution in [0.3, 0.4) is 0 Å². The summed E-state index contributed by atoms with van der Waals surface area (Å²) in [4.78, 5) is 23.2. The fraction of sp³-hybridized carbons (Fsp3) is 0.148. The average Bonchev–Trinajstić information content (AvgIpc) is 3.25. The van der Waals surface area contributed by atoms with Gasteiger partial charge in [0.15, 0.2) is 5.60 Å². The summed E-state index contributed by atoms with van der Waals surface area (Å²) in [6.45, 7) is 0.00550. The number of likely N-dealkylation sites (N-methyl/N-ethyl adjacent to an activating group) is 1. The maximum atomic E-state index is 12.7. The van der Waals surface area contributed by atoms with Gasteiger partial charge in [-0.2, -0.15) is 0 Å². The first-order chi connectivity index (χ1) is 16.8. The lowest BCUT2D eigenvalue weighted by atomic mass is 9.82. The second-order valence-electron chi connectivity index (χ2n) is 8.47. The second kappa shape index (κ2) is 8.96. The SMILES string of the molecule is CN1C(=O)CN=C(c2cccc(Cl)c2)c2cc(C(O)(c3ccc(Cl)cc3)c3cncn3C)ccc21. The summed E-state index contributed by atoms with van der Waals surface area (Å²) < 4.78 is 1.78. The average molecular weight is 505 g/mol. The van der Waals surface area contributed by atoms with Crippen molar-refractivity contribution in [3.05, 3.63) is 117 Å². The number of rotatable bonds is 4. The molecule has 1 unspecified atom stereocenters. The van der Waals surface area contributed by atoms with Gasteiger partial charge in [0, 0.05) is 35.3 Å². The number of benzodiazepines with no additional fused rings is 1. The molecule has 1 aliphatic heterocycles. The highest BCUT2D eigenvalue weighted by Crippen LogP contribution is 2.39. The van der Waals surface area contributed by atoms with Crippen LogP contribution in [-0.4, -0.2) is 39.9 Å². The Hall–Kier alpha value is -3.45. The van der Waals surface area contributed by atoms with E-state index in [2.05, 4.69) is 9.98 Å². The third-order valence-electron chi connectivity index (χ3n) is 6.32. The minimum Gasteiger partial charge on any atom is -0.374 e. The predicted octanol–water partition coefficient (Wildman–Crippen LogP) is 4.82. The van der Waals surface area contributed by atoms with E-state index in [1.165, 1.54) is 0 Å². The largest absolute Gasteiger partial charge is 0.374 e. The number of aliphatic hydroxyl groups is 1. The maximum Gasteiger partial charge on any atom is 0.248 e. The molecule has 3 aromatic carbocycles. The van der Waals surface area contributed by atoms with E-state index < -0.39 is 5.60 Å². The van der Waals surface area contributed by atoms with Crippen LogP contribution in [-0.2, 0) is 17.4 Å². The number of benzene rings is 3. The van der Waals surface area contributed by atoms with E-state index in [0.29, 0.717) is 43.8 Å². The molecule has 0 radical (unpaired) electrons. The van der Waals surface area contributed by atoms with Crippen molar-refractivity contribution >= 4 is 40.5 Å². The molecule has 176 valence electrons. The van der Waals surface area contributed by atoms with Crippen molar-refractivity contribution in [2.24, 2.45) is 12.0 Å². The molecule has 6 nitrogen and oxygen atoms in total. The van der Waals surface area contributed by atoms with Crippen LogP contribution in [0.4, 0.5) is 5.69 Å². The number of fused-ring (bicyclic) bond motifs is 1. The molecule has 1 N–H and O–H groups in total. The van der Waals surface area contributed by atoms with Crippen LogP contribution in [0.15, 0.2) is 84.2 Å². The number of halogens is 2. The molecule has 0 bridgehead atoms. The number of anilines is 1. The van der Waals surface area contributed by atoms with E-state index in [9.17, 15) is 9.90 Å². The molecule has 35 heavy (non-hydrogen) atoms. The summed E-state index contributed by atoms with van der Waals surface area (Å²) in [7, 11) is 3.56. The van der Waals surface area contributed by atoms with Crippen molar-refractivity contribution in [2.75, 3.05) is 18.5 Å². The van der Waals surface area contributed by atoms with Crippen LogP contribution in [0.1, 0.15) is 27.9 Å². The van der Waals surface area contributed by atoms with Crippen molar-refractivity contribution in [1.29, 1.82) is 0 Å². The lowest BCUT2D eigenvalue weighted by molar-refractivity contribution is -0.116. The van der Waals surface area contributed by atoms with Gasteiger partial charge < -0.3 is 14.6 Å². The fourth-order valence-corrected chi connectivity index (χ4v) is 4.77. The molecule has 1 atom stereocenters. The number of hydrogen-bond acceptors (Lipinski definition) is 4. The number of aryl methyl sites for hydroxylation is 1. The summed E-state index contributed by atoms with van der Waals surface area (Å²) in [5.74, 6) is -0.129. The number of hydrogen-bond donors (Lipinski definition) is 1. The van der Waals surface area contributed by atoms with E-state index in [0.717, 1.165) is 5.56 Å². The van der Waals surface area contributed by atoms with Gasteiger partial charge in [0.25, 0.3) is 0 Å². The Kier molecular flexibility index (Phi) is 5.97. The van der Waals surface area contributed by atoms with Crippen LogP contribution < -0.4 is 4.90 Å². The number of aromatic nitrogens is 2. The molecule has 1 amide bonds. The van der Waals surface area contributed by atoms with Crippen molar-refractivity contribution in [2.45, 2.75) is 5.60 Å². The van der Waals surface area contributed by atoms with E-state index in [1.807, 2.05) is 43.4 Å². The van der Waals surface area contributed by atoms with E-state index in [-0.39, 0.29) is 12.5 Å². The molecular formula is C27H22Cl2N4O2. The van der Waals surface area contributed by atoms with Crippen molar-refractivity contribution in [3.63, 3.8) is 0 Å². The number of imidazole rings is 1. The van der Waals surface area contributed by atoms with E-state index >= 15 is 0 Å². The Balaban J connectivity index is 1.77. The molecular weight excluding hydrogens is 483 g/mol. The normalized spacial score (nSPS) is 15.3. The molecule has 8 heteroatoms. The van der Waals surface area contributed by atoms with Crippen molar-refractivity contribution < 1.29 is 9.90 Å². The third kappa shape index (κ3) is 4.04. The zero-order valence-electron chi connectivity index (χ0n) is 19.1. The number of carbonyl (C=O) groups excluding carboxylic acids is 1. The van der Waals surface area contributed by atoms with Crippen LogP contribution >= 0.6 is 23.2 Å². The predicted molar refractivity (Wildman–Crippen MR) is 139 cm³/mol. The fourth-order valence-electron chi connectivity index (χ4n) is 4.46. The minimum atomic E-state index is -1.54. The quantitative estimate of drug-likeness (QED) is 0.432. The summed E-state index contributed by atoms with van der Waals surface area (Å²) in [6.07, 6.45) is 3.28. The number of amides is 1. The number of carbonyl (C=O) groups is 1. The zero-order valence-corrected chi connectivity index (χ0v) is 20.6. The van der Waals surface area contributed by atoms with Crippen LogP contribution in [0.25, 0.3) is 0 Å². The highest BCUT2D eigenvalue weighted by Gasteiger charge is 2.38. The number of aliphatic imine (C=N–C) groups is 1. The lowest BCUT2D eigenvalue weighted by Crippen LogP contribution is -2.32. The first-order valence-electron chi connectivity index (χ1n) is 11.0. The van der Waals surface area contributed by atoms with Crippen LogP contribution in [0.2, 0.25) is 10.0 Å². The molecule has 4 aromatic rings. The van der Waals surface area contributed by atoms with Gasteiger partial charge in [-0.15, -0.1) is 0 Å². The Labute approximate surface area is 213 Å². The lowest BCUT2D eigenvalue weighted by Gasteiger charge is -2.31. The van der Waals surface area contributed by atoms with E-state index in [4.69, 9.17) is 23.2 Å². The Morgan fingerprint density at radius 2 is 1.69 bits per heavy atom. The molecule has 1 aromatic heterocycles.